The summed E-state index contributed by atoms with van der Waals surface area (Å²) in [6.45, 7) is 3.80. The molecule has 1 aromatic heterocycles. The summed E-state index contributed by atoms with van der Waals surface area (Å²) in [6.07, 6.45) is 2.28. The lowest BCUT2D eigenvalue weighted by atomic mass is 10.1. The van der Waals surface area contributed by atoms with Gasteiger partial charge in [-0.05, 0) is 49.6 Å². The van der Waals surface area contributed by atoms with E-state index >= 15 is 0 Å². The third-order valence-electron chi connectivity index (χ3n) is 4.67. The van der Waals surface area contributed by atoms with Crippen LogP contribution >= 0.6 is 0 Å². The van der Waals surface area contributed by atoms with Gasteiger partial charge in [0.2, 0.25) is 17.8 Å². The molecular formula is C21H24N8. The maximum absolute atomic E-state index is 5.86. The minimum Gasteiger partial charge on any atom is -0.399 e. The number of nitrogens with zero attached hydrogens (tertiary/aromatic N) is 5. The average molecular weight is 388 g/mol. The lowest BCUT2D eigenvalue weighted by Crippen LogP contribution is -2.22. The van der Waals surface area contributed by atoms with E-state index in [4.69, 9.17) is 5.73 Å². The second kappa shape index (κ2) is 8.55. The van der Waals surface area contributed by atoms with Gasteiger partial charge in [-0.1, -0.05) is 30.3 Å². The lowest BCUT2D eigenvalue weighted by Gasteiger charge is -2.16. The maximum Gasteiger partial charge on any atom is 0.250 e. The number of anilines is 5. The summed E-state index contributed by atoms with van der Waals surface area (Å²) in [5, 5.41) is 7.67. The van der Waals surface area contributed by atoms with Crippen molar-refractivity contribution in [1.29, 1.82) is 0 Å². The van der Waals surface area contributed by atoms with Gasteiger partial charge in [-0.3, -0.25) is 0 Å². The number of nitrogen functional groups attached to an aromatic ring is 1. The van der Waals surface area contributed by atoms with Crippen LogP contribution in [-0.4, -0.2) is 33.8 Å². The van der Waals surface area contributed by atoms with Gasteiger partial charge in [-0.15, -0.1) is 0 Å². The van der Waals surface area contributed by atoms with Crippen molar-refractivity contribution in [3.8, 4) is 0 Å². The van der Waals surface area contributed by atoms with E-state index in [1.807, 2.05) is 61.5 Å². The zero-order valence-corrected chi connectivity index (χ0v) is 16.3. The highest BCUT2D eigenvalue weighted by Crippen LogP contribution is 2.21. The molecule has 1 fully saturated rings. The molecule has 8 heteroatoms. The summed E-state index contributed by atoms with van der Waals surface area (Å²) < 4.78 is 0. The van der Waals surface area contributed by atoms with Crippen LogP contribution in [0.4, 0.5) is 29.2 Å². The molecule has 2 aromatic carbocycles. The monoisotopic (exact) mass is 388 g/mol. The predicted molar refractivity (Wildman–Crippen MR) is 118 cm³/mol. The van der Waals surface area contributed by atoms with Crippen LogP contribution in [0.15, 0.2) is 59.7 Å². The SMILES string of the molecule is CC(=NNc1nc(Nc2ccccc2)nc(N2CCCC2)n1)c1cccc(N)c1. The molecule has 1 aliphatic heterocycles. The Morgan fingerprint density at radius 2 is 1.72 bits per heavy atom. The van der Waals surface area contributed by atoms with Crippen LogP contribution in [0, 0.1) is 0 Å². The normalized spacial score (nSPS) is 14.1. The number of nitrogens with two attached hydrogens (primary N) is 1. The second-order valence-corrected chi connectivity index (χ2v) is 6.90. The topological polar surface area (TPSA) is 104 Å². The van der Waals surface area contributed by atoms with Gasteiger partial charge in [0, 0.05) is 24.5 Å². The average Bonchev–Trinajstić information content (AvgIpc) is 3.28. The molecule has 1 saturated heterocycles. The minimum absolute atomic E-state index is 0.392. The molecule has 8 nitrogen and oxygen atoms in total. The van der Waals surface area contributed by atoms with Gasteiger partial charge < -0.3 is 16.0 Å². The van der Waals surface area contributed by atoms with Crippen LogP contribution in [0.5, 0.6) is 0 Å². The van der Waals surface area contributed by atoms with E-state index in [1.54, 1.807) is 0 Å². The van der Waals surface area contributed by atoms with Crippen LogP contribution in [-0.2, 0) is 0 Å². The summed E-state index contributed by atoms with van der Waals surface area (Å²) in [5.41, 5.74) is 12.2. The summed E-state index contributed by atoms with van der Waals surface area (Å²) in [4.78, 5) is 15.8. The van der Waals surface area contributed by atoms with Crippen LogP contribution < -0.4 is 21.4 Å². The Kier molecular flexibility index (Phi) is 5.51. The van der Waals surface area contributed by atoms with Crippen molar-refractivity contribution < 1.29 is 0 Å². The molecule has 0 amide bonds. The standard InChI is InChI=1S/C21H24N8/c1-15(16-8-7-9-17(22)14-16)27-28-20-24-19(23-18-10-3-2-4-11-18)25-21(26-20)29-12-5-6-13-29/h2-4,7-11,14H,5-6,12-13,22H2,1H3,(H2,23,24,25,26,28). The molecule has 0 aliphatic carbocycles. The van der Waals surface area contributed by atoms with Crippen LogP contribution in [0.25, 0.3) is 0 Å². The van der Waals surface area contributed by atoms with Crippen LogP contribution in [0.1, 0.15) is 25.3 Å². The quantitative estimate of drug-likeness (QED) is 0.336. The number of hydrazone groups is 1. The Balaban J connectivity index is 1.60. The number of hydrogen-bond donors (Lipinski definition) is 3. The van der Waals surface area contributed by atoms with E-state index in [9.17, 15) is 0 Å². The van der Waals surface area contributed by atoms with Gasteiger partial charge in [0.15, 0.2) is 0 Å². The van der Waals surface area contributed by atoms with Crippen LogP contribution in [0.2, 0.25) is 0 Å². The Hall–Kier alpha value is -3.68. The van der Waals surface area contributed by atoms with Crippen molar-refractivity contribution >= 4 is 34.9 Å². The van der Waals surface area contributed by atoms with Gasteiger partial charge in [-0.25, -0.2) is 5.43 Å². The number of rotatable bonds is 6. The molecule has 3 aromatic rings. The third kappa shape index (κ3) is 4.78. The highest BCUT2D eigenvalue weighted by molar-refractivity contribution is 5.99. The fraction of sp³-hybridized carbons (Fsp3) is 0.238. The Morgan fingerprint density at radius 3 is 2.48 bits per heavy atom. The molecule has 2 heterocycles. The maximum atomic E-state index is 5.86. The van der Waals surface area contributed by atoms with Crippen molar-refractivity contribution in [3.63, 3.8) is 0 Å². The number of para-hydroxylation sites is 1. The number of aromatic nitrogens is 3. The molecule has 0 spiro atoms. The van der Waals surface area contributed by atoms with Crippen molar-refractivity contribution in [1.82, 2.24) is 15.0 Å². The minimum atomic E-state index is 0.392. The first-order chi connectivity index (χ1) is 14.2. The molecule has 148 valence electrons. The van der Waals surface area contributed by atoms with Crippen LogP contribution in [0.3, 0.4) is 0 Å². The van der Waals surface area contributed by atoms with E-state index in [2.05, 4.69) is 35.7 Å². The summed E-state index contributed by atoms with van der Waals surface area (Å²) in [5.74, 6) is 1.52. The molecular weight excluding hydrogens is 364 g/mol. The molecule has 0 atom stereocenters. The van der Waals surface area contributed by atoms with E-state index in [1.165, 1.54) is 0 Å². The van der Waals surface area contributed by atoms with Crippen molar-refractivity contribution in [2.75, 3.05) is 34.5 Å². The Morgan fingerprint density at radius 1 is 0.966 bits per heavy atom. The first-order valence-corrected chi connectivity index (χ1v) is 9.67. The zero-order valence-electron chi connectivity index (χ0n) is 16.3. The largest absolute Gasteiger partial charge is 0.399 e. The Bertz CT molecular complexity index is 997. The molecule has 0 saturated carbocycles. The van der Waals surface area contributed by atoms with Gasteiger partial charge in [-0.2, -0.15) is 20.1 Å². The van der Waals surface area contributed by atoms with E-state index < -0.39 is 0 Å². The fourth-order valence-corrected chi connectivity index (χ4v) is 3.14. The second-order valence-electron chi connectivity index (χ2n) is 6.90. The Labute approximate surface area is 169 Å². The highest BCUT2D eigenvalue weighted by Gasteiger charge is 2.17. The molecule has 0 unspecified atom stereocenters. The summed E-state index contributed by atoms with van der Waals surface area (Å²) >= 11 is 0. The van der Waals surface area contributed by atoms with E-state index in [-0.39, 0.29) is 0 Å². The summed E-state index contributed by atoms with van der Waals surface area (Å²) in [6, 6.07) is 17.4. The van der Waals surface area contributed by atoms with Crippen molar-refractivity contribution in [2.24, 2.45) is 5.10 Å². The molecule has 0 radical (unpaired) electrons. The highest BCUT2D eigenvalue weighted by atomic mass is 15.4. The number of benzene rings is 2. The molecule has 4 rings (SSSR count). The molecule has 0 bridgehead atoms. The third-order valence-corrected chi connectivity index (χ3v) is 4.67. The van der Waals surface area contributed by atoms with Crippen molar-refractivity contribution in [2.45, 2.75) is 19.8 Å². The number of nitrogens with one attached hydrogen (secondary N) is 2. The first kappa shape index (κ1) is 18.7. The van der Waals surface area contributed by atoms with Gasteiger partial charge >= 0.3 is 0 Å². The molecule has 29 heavy (non-hydrogen) atoms. The smallest absolute Gasteiger partial charge is 0.250 e. The molecule has 4 N–H and O–H groups in total. The zero-order chi connectivity index (χ0) is 20.1. The van der Waals surface area contributed by atoms with Gasteiger partial charge in [0.25, 0.3) is 0 Å². The van der Waals surface area contributed by atoms with Gasteiger partial charge in [0.1, 0.15) is 0 Å². The first-order valence-electron chi connectivity index (χ1n) is 9.67. The van der Waals surface area contributed by atoms with E-state index in [0.29, 0.717) is 23.5 Å². The van der Waals surface area contributed by atoms with Gasteiger partial charge in [0.05, 0.1) is 5.71 Å². The summed E-state index contributed by atoms with van der Waals surface area (Å²) in [7, 11) is 0. The lowest BCUT2D eigenvalue weighted by molar-refractivity contribution is 0.882. The fourth-order valence-electron chi connectivity index (χ4n) is 3.14. The molecule has 1 aliphatic rings. The number of hydrogen-bond acceptors (Lipinski definition) is 8. The van der Waals surface area contributed by atoms with E-state index in [0.717, 1.165) is 42.9 Å². The van der Waals surface area contributed by atoms with Crippen molar-refractivity contribution in [3.05, 3.63) is 60.2 Å². The predicted octanol–water partition coefficient (Wildman–Crippen LogP) is 3.63.